The van der Waals surface area contributed by atoms with Crippen molar-refractivity contribution < 1.29 is 27.7 Å². The van der Waals surface area contributed by atoms with Crippen LogP contribution in [0.15, 0.2) is 71.8 Å². The molecule has 0 aliphatic heterocycles. The maximum absolute atomic E-state index is 13.6. The summed E-state index contributed by atoms with van der Waals surface area (Å²) < 4.78 is 47.0. The second-order valence-electron chi connectivity index (χ2n) is 10.1. The number of aliphatic hydroxyl groups excluding tert-OH is 1. The molecular formula is C29H32N6O6S. The molecule has 2 aromatic carbocycles. The van der Waals surface area contributed by atoms with Crippen molar-refractivity contribution >= 4 is 21.7 Å². The van der Waals surface area contributed by atoms with Crippen LogP contribution in [0.2, 0.25) is 0 Å². The molecule has 42 heavy (non-hydrogen) atoms. The summed E-state index contributed by atoms with van der Waals surface area (Å²) in [4.78, 5) is 13.0. The Morgan fingerprint density at radius 3 is 2.36 bits per heavy atom. The number of anilines is 1. The highest BCUT2D eigenvalue weighted by atomic mass is 32.2. The second kappa shape index (κ2) is 12.4. The Labute approximate surface area is 244 Å². The van der Waals surface area contributed by atoms with Crippen LogP contribution in [0, 0.1) is 5.41 Å². The molecule has 2 heterocycles. The van der Waals surface area contributed by atoms with E-state index in [9.17, 15) is 13.5 Å². The van der Waals surface area contributed by atoms with E-state index in [1.807, 2.05) is 20.8 Å². The normalized spacial score (nSPS) is 11.5. The molecule has 0 saturated heterocycles. The number of hydrogen-bond acceptors (Lipinski definition) is 10. The van der Waals surface area contributed by atoms with Gasteiger partial charge in [0.15, 0.2) is 23.1 Å². The fourth-order valence-electron chi connectivity index (χ4n) is 3.81. The van der Waals surface area contributed by atoms with E-state index < -0.39 is 10.0 Å². The van der Waals surface area contributed by atoms with Crippen molar-refractivity contribution in [3.8, 4) is 34.5 Å². The predicted molar refractivity (Wildman–Crippen MR) is 158 cm³/mol. The number of rotatable bonds is 11. The maximum atomic E-state index is 13.6. The lowest BCUT2D eigenvalue weighted by molar-refractivity contribution is 0.192. The van der Waals surface area contributed by atoms with Gasteiger partial charge in [0.2, 0.25) is 5.75 Å². The molecule has 5 N–H and O–H groups in total. The highest BCUT2D eigenvalue weighted by molar-refractivity contribution is 7.92. The zero-order valence-corrected chi connectivity index (χ0v) is 24.4. The number of ether oxygens (including phenoxy) is 3. The van der Waals surface area contributed by atoms with Crippen LogP contribution >= 0.6 is 0 Å². The number of para-hydroxylation sites is 2. The number of aromatic nitrogens is 3. The van der Waals surface area contributed by atoms with E-state index in [1.54, 1.807) is 42.5 Å². The highest BCUT2D eigenvalue weighted by Crippen LogP contribution is 2.41. The number of nitrogens with zero attached hydrogens (tertiary/aromatic N) is 3. The van der Waals surface area contributed by atoms with Gasteiger partial charge in [-0.25, -0.2) is 13.4 Å². The molecular weight excluding hydrogens is 560 g/mol. The van der Waals surface area contributed by atoms with E-state index >= 15 is 0 Å². The summed E-state index contributed by atoms with van der Waals surface area (Å²) in [6.45, 7) is 5.57. The third-order valence-corrected chi connectivity index (χ3v) is 7.36. The van der Waals surface area contributed by atoms with Gasteiger partial charge in [-0.15, -0.1) is 0 Å². The van der Waals surface area contributed by atoms with E-state index in [2.05, 4.69) is 19.7 Å². The fourth-order valence-corrected chi connectivity index (χ4v) is 4.82. The van der Waals surface area contributed by atoms with Gasteiger partial charge in [0.1, 0.15) is 18.1 Å². The van der Waals surface area contributed by atoms with Gasteiger partial charge in [0, 0.05) is 11.8 Å². The van der Waals surface area contributed by atoms with Crippen LogP contribution in [0.25, 0.3) is 11.4 Å². The molecule has 4 aromatic rings. The number of benzene rings is 2. The summed E-state index contributed by atoms with van der Waals surface area (Å²) in [5.41, 5.74) is 6.95. The van der Waals surface area contributed by atoms with Crippen LogP contribution in [-0.2, 0) is 15.4 Å². The van der Waals surface area contributed by atoms with Gasteiger partial charge in [0.05, 0.1) is 18.6 Å². The van der Waals surface area contributed by atoms with Crippen molar-refractivity contribution in [2.24, 2.45) is 5.73 Å². The molecule has 13 heteroatoms. The summed E-state index contributed by atoms with van der Waals surface area (Å²) in [6, 6.07) is 16.3. The molecule has 0 spiro atoms. The number of amidine groups is 1. The molecule has 220 valence electrons. The Morgan fingerprint density at radius 2 is 1.74 bits per heavy atom. The molecule has 0 atom stereocenters. The summed E-state index contributed by atoms with van der Waals surface area (Å²) in [6.07, 6.45) is 1.42. The Kier molecular flexibility index (Phi) is 8.93. The largest absolute Gasteiger partial charge is 0.493 e. The smallest absolute Gasteiger partial charge is 0.263 e. The number of pyridine rings is 1. The van der Waals surface area contributed by atoms with Crippen molar-refractivity contribution in [3.05, 3.63) is 78.1 Å². The number of hydrogen-bond donors (Lipinski definition) is 4. The molecule has 0 saturated carbocycles. The fraction of sp³-hybridized carbons (Fsp3) is 0.241. The van der Waals surface area contributed by atoms with Crippen molar-refractivity contribution in [1.29, 1.82) is 5.41 Å². The standard InChI is InChI=1S/C29H32N6O6S/c1-29(2,3)19-9-11-20(12-10-19)42(37,38)35-27-24(41-23-8-6-5-7-22(23)39-4)28(40-16-15-36)34-26(33-27)18-13-14-32-21(17-18)25(30)31/h5-14,17,36H,15-16H2,1-4H3,(H3,30,31)(H,33,34,35). The molecule has 2 aromatic heterocycles. The number of sulfonamides is 1. The van der Waals surface area contributed by atoms with Crippen LogP contribution < -0.4 is 24.7 Å². The lowest BCUT2D eigenvalue weighted by Gasteiger charge is -2.20. The Bertz CT molecular complexity index is 1690. The minimum absolute atomic E-state index is 0.000456. The number of nitrogens with one attached hydrogen (secondary N) is 2. The topological polar surface area (TPSA) is 183 Å². The minimum atomic E-state index is -4.19. The van der Waals surface area contributed by atoms with Crippen molar-refractivity contribution in [2.45, 2.75) is 31.1 Å². The maximum Gasteiger partial charge on any atom is 0.263 e. The number of methoxy groups -OCH3 is 1. The zero-order chi connectivity index (χ0) is 30.5. The van der Waals surface area contributed by atoms with Crippen molar-refractivity contribution in [3.63, 3.8) is 0 Å². The molecule has 0 aliphatic carbocycles. The summed E-state index contributed by atoms with van der Waals surface area (Å²) in [7, 11) is -2.72. The average Bonchev–Trinajstić information content (AvgIpc) is 2.97. The monoisotopic (exact) mass is 592 g/mol. The van der Waals surface area contributed by atoms with Gasteiger partial charge in [-0.1, -0.05) is 45.0 Å². The molecule has 0 unspecified atom stereocenters. The number of nitrogen functional groups attached to an aromatic ring is 1. The summed E-state index contributed by atoms with van der Waals surface area (Å²) in [5.74, 6) is -0.191. The zero-order valence-electron chi connectivity index (χ0n) is 23.6. The highest BCUT2D eigenvalue weighted by Gasteiger charge is 2.26. The third-order valence-electron chi connectivity index (χ3n) is 6.00. The van der Waals surface area contributed by atoms with Crippen LogP contribution in [-0.4, -0.2) is 54.6 Å². The van der Waals surface area contributed by atoms with E-state index in [-0.39, 0.29) is 64.1 Å². The van der Waals surface area contributed by atoms with Crippen LogP contribution in [0.5, 0.6) is 23.1 Å². The molecule has 0 fully saturated rings. The first kappa shape index (κ1) is 30.2. The summed E-state index contributed by atoms with van der Waals surface area (Å²) >= 11 is 0. The Morgan fingerprint density at radius 1 is 1.05 bits per heavy atom. The lowest BCUT2D eigenvalue weighted by atomic mass is 9.87. The quantitative estimate of drug-likeness (QED) is 0.146. The molecule has 4 rings (SSSR count). The van der Waals surface area contributed by atoms with Crippen LogP contribution in [0.1, 0.15) is 32.0 Å². The summed E-state index contributed by atoms with van der Waals surface area (Å²) in [5, 5.41) is 17.2. The first-order valence-corrected chi connectivity index (χ1v) is 14.3. The van der Waals surface area contributed by atoms with Gasteiger partial charge in [0.25, 0.3) is 15.9 Å². The average molecular weight is 593 g/mol. The van der Waals surface area contributed by atoms with Gasteiger partial charge in [-0.3, -0.25) is 15.1 Å². The van der Waals surface area contributed by atoms with Gasteiger partial charge in [-0.2, -0.15) is 4.98 Å². The number of aliphatic hydroxyl groups is 1. The second-order valence-corrected chi connectivity index (χ2v) is 11.8. The van der Waals surface area contributed by atoms with Crippen molar-refractivity contribution in [1.82, 2.24) is 15.0 Å². The first-order chi connectivity index (χ1) is 19.9. The van der Waals surface area contributed by atoms with E-state index in [0.717, 1.165) is 5.56 Å². The molecule has 0 radical (unpaired) electrons. The van der Waals surface area contributed by atoms with Gasteiger partial charge >= 0.3 is 0 Å². The predicted octanol–water partition coefficient (Wildman–Crippen LogP) is 4.09. The van der Waals surface area contributed by atoms with Crippen LogP contribution in [0.3, 0.4) is 0 Å². The molecule has 0 bridgehead atoms. The lowest BCUT2D eigenvalue weighted by Crippen LogP contribution is -2.17. The minimum Gasteiger partial charge on any atom is -0.493 e. The Balaban J connectivity index is 1.89. The first-order valence-electron chi connectivity index (χ1n) is 12.8. The van der Waals surface area contributed by atoms with E-state index in [1.165, 1.54) is 31.5 Å². The van der Waals surface area contributed by atoms with Crippen LogP contribution in [0.4, 0.5) is 5.82 Å². The van der Waals surface area contributed by atoms with Gasteiger partial charge in [-0.05, 0) is 47.4 Å². The van der Waals surface area contributed by atoms with E-state index in [4.69, 9.17) is 25.4 Å². The molecule has 0 amide bonds. The van der Waals surface area contributed by atoms with Gasteiger partial charge < -0.3 is 25.1 Å². The van der Waals surface area contributed by atoms with E-state index in [0.29, 0.717) is 11.3 Å². The SMILES string of the molecule is COc1ccccc1Oc1c(NS(=O)(=O)c2ccc(C(C)(C)C)cc2)nc(-c2ccnc(C(=N)N)c2)nc1OCCO. The molecule has 0 aliphatic rings. The number of nitrogens with two attached hydrogens (primary N) is 1. The van der Waals surface area contributed by atoms with Crippen molar-refractivity contribution in [2.75, 3.05) is 25.0 Å². The Hall–Kier alpha value is -4.75. The molecule has 12 nitrogen and oxygen atoms in total. The third kappa shape index (κ3) is 6.93.